The van der Waals surface area contributed by atoms with Gasteiger partial charge in [0.2, 0.25) is 5.52 Å². The summed E-state index contributed by atoms with van der Waals surface area (Å²) in [4.78, 5) is 14.6. The molecule has 0 bridgehead atoms. The molecule has 0 saturated heterocycles. The highest BCUT2D eigenvalue weighted by Crippen LogP contribution is 2.37. The first-order chi connectivity index (χ1) is 49.5. The van der Waals surface area contributed by atoms with E-state index < -0.39 is 23.5 Å². The van der Waals surface area contributed by atoms with Crippen molar-refractivity contribution in [2.45, 2.75) is 53.5 Å². The molecule has 5 aromatic heterocycles. The largest absolute Gasteiger partial charge is 0.416 e. The molecule has 17 rings (SSSR count). The highest BCUT2D eigenvalue weighted by molar-refractivity contribution is 6.22. The lowest BCUT2D eigenvalue weighted by atomic mass is 9.96. The van der Waals surface area contributed by atoms with Gasteiger partial charge in [0.25, 0.3) is 23.3 Å². The molecule has 0 saturated carbocycles. The van der Waals surface area contributed by atoms with E-state index in [1.165, 1.54) is 113 Å². The third-order valence-corrected chi connectivity index (χ3v) is 19.3. The molecule has 0 spiro atoms. The minimum absolute atomic E-state index is 0.559. The number of alkyl halides is 6. The fourth-order valence-electron chi connectivity index (χ4n) is 13.9. The first-order valence-electron chi connectivity index (χ1n) is 34.0. The molecule has 16 heteroatoms. The van der Waals surface area contributed by atoms with Gasteiger partial charge >= 0.3 is 12.4 Å². The van der Waals surface area contributed by atoms with Gasteiger partial charge in [-0.05, 0) is 170 Å². The molecule has 5 heterocycles. The molecule has 0 amide bonds. The number of hydrogen-bond donors (Lipinski definition) is 3. The Morgan fingerprint density at radius 1 is 0.369 bits per heavy atom. The molecule has 0 aliphatic rings. The average Bonchev–Trinajstić information content (AvgIpc) is 1.64. The molecule has 514 valence electrons. The first kappa shape index (κ1) is 69.4. The summed E-state index contributed by atoms with van der Waals surface area (Å²) >= 11 is 0. The lowest BCUT2D eigenvalue weighted by Crippen LogP contribution is -2.30. The van der Waals surface area contributed by atoms with Crippen molar-refractivity contribution in [3.63, 3.8) is 0 Å². The number of rotatable bonds is 6. The number of fused-ring (bicyclic) bond motifs is 10. The van der Waals surface area contributed by atoms with E-state index in [9.17, 15) is 26.3 Å². The molecule has 0 atom stereocenters. The van der Waals surface area contributed by atoms with Crippen molar-refractivity contribution >= 4 is 76.7 Å². The van der Waals surface area contributed by atoms with E-state index in [0.29, 0.717) is 17.0 Å². The summed E-state index contributed by atoms with van der Waals surface area (Å²) in [6, 6.07) is 82.7. The summed E-state index contributed by atoms with van der Waals surface area (Å²) in [6.45, 7) is 10.9. The summed E-state index contributed by atoms with van der Waals surface area (Å²) in [7, 11) is 10.1. The van der Waals surface area contributed by atoms with Crippen LogP contribution in [0.2, 0.25) is 0 Å². The molecule has 0 radical (unpaired) electrons. The van der Waals surface area contributed by atoms with Gasteiger partial charge < -0.3 is 0 Å². The van der Waals surface area contributed by atoms with Gasteiger partial charge in [0.1, 0.15) is 19.1 Å². The van der Waals surface area contributed by atoms with Gasteiger partial charge in [-0.1, -0.05) is 164 Å². The average molecular weight is 1380 g/mol. The smallest absolute Gasteiger partial charge is 0.243 e. The number of halogens is 6. The SMILES string of the molecule is Cc1cc(C(F)(F)F)ccc1-c1[nH]c2ccccc2[n+]1C.Cc1ccc(C(F)(F)F)cc1-c1[nH]c2ccccc2[n+]1C.Cc1cccc2c3ccccc3c3ncc[n+](C)c3c12.Cc1ccccc1-c1[nH]c2ccccc2[n+]1C.Cc1ccccc1-c1n(Cc2ccccc2)c2ccccc2[n+]1C. The molecule has 3 N–H and O–H groups in total. The van der Waals surface area contributed by atoms with Crippen LogP contribution in [-0.2, 0) is 54.1 Å². The normalized spacial score (nSPS) is 11.5. The number of nitrogens with one attached hydrogen (secondary N) is 3. The van der Waals surface area contributed by atoms with Crippen LogP contribution in [0.4, 0.5) is 26.3 Å². The van der Waals surface area contributed by atoms with E-state index in [-0.39, 0.29) is 0 Å². The zero-order valence-corrected chi connectivity index (χ0v) is 59.0. The van der Waals surface area contributed by atoms with Crippen LogP contribution in [0.1, 0.15) is 44.5 Å². The Kier molecular flexibility index (Phi) is 19.5. The van der Waals surface area contributed by atoms with Crippen molar-refractivity contribution in [2.24, 2.45) is 35.2 Å². The lowest BCUT2D eigenvalue weighted by Gasteiger charge is -2.09. The predicted octanol–water partition coefficient (Wildman–Crippen LogP) is 19.1. The van der Waals surface area contributed by atoms with E-state index >= 15 is 0 Å². The Morgan fingerprint density at radius 3 is 1.36 bits per heavy atom. The molecule has 10 nitrogen and oxygen atoms in total. The number of H-pyrrole nitrogens is 3. The van der Waals surface area contributed by atoms with Gasteiger partial charge in [0, 0.05) is 5.39 Å². The van der Waals surface area contributed by atoms with Gasteiger partial charge in [-0.2, -0.15) is 30.9 Å². The second-order valence-electron chi connectivity index (χ2n) is 26.1. The van der Waals surface area contributed by atoms with Gasteiger partial charge in [-0.15, -0.1) is 0 Å². The van der Waals surface area contributed by atoms with Crippen molar-refractivity contribution < 1.29 is 49.2 Å². The topological polar surface area (TPSA) is 84.6 Å². The van der Waals surface area contributed by atoms with Gasteiger partial charge in [-0.25, -0.2) is 42.8 Å². The van der Waals surface area contributed by atoms with Crippen molar-refractivity contribution in [1.82, 2.24) is 24.5 Å². The van der Waals surface area contributed by atoms with Crippen molar-refractivity contribution in [2.75, 3.05) is 0 Å². The minimum atomic E-state index is -4.34. The van der Waals surface area contributed by atoms with E-state index in [1.807, 2.05) is 84.2 Å². The van der Waals surface area contributed by atoms with Crippen molar-refractivity contribution in [3.05, 3.63) is 312 Å². The maximum Gasteiger partial charge on any atom is 0.416 e. The minimum Gasteiger partial charge on any atom is -0.243 e. The summed E-state index contributed by atoms with van der Waals surface area (Å²) in [5, 5.41) is 5.10. The Morgan fingerprint density at radius 2 is 0.806 bits per heavy atom. The molecular weight excluding hydrogens is 1300 g/mol. The third kappa shape index (κ3) is 14.0. The molecule has 0 unspecified atom stereocenters. The summed E-state index contributed by atoms with van der Waals surface area (Å²) < 4.78 is 89.8. The van der Waals surface area contributed by atoms with E-state index in [4.69, 9.17) is 0 Å². The Labute approximate surface area is 593 Å². The van der Waals surface area contributed by atoms with E-state index in [1.54, 1.807) is 13.8 Å². The number of aromatic nitrogens is 10. The third-order valence-electron chi connectivity index (χ3n) is 19.3. The van der Waals surface area contributed by atoms with E-state index in [2.05, 4.69) is 250 Å². The highest BCUT2D eigenvalue weighted by atomic mass is 19.4. The fourth-order valence-corrected chi connectivity index (χ4v) is 13.9. The van der Waals surface area contributed by atoms with Crippen LogP contribution in [-0.4, -0.2) is 24.5 Å². The highest BCUT2D eigenvalue weighted by Gasteiger charge is 2.34. The quantitative estimate of drug-likeness (QED) is 0.0865. The van der Waals surface area contributed by atoms with Crippen LogP contribution < -0.4 is 22.8 Å². The fraction of sp³-hybridized carbons (Fsp3) is 0.149. The number of hydrogen-bond acceptors (Lipinski definition) is 1. The maximum atomic E-state index is 12.9. The van der Waals surface area contributed by atoms with Gasteiger partial charge in [0.15, 0.2) is 50.3 Å². The lowest BCUT2D eigenvalue weighted by molar-refractivity contribution is -0.644. The van der Waals surface area contributed by atoms with Crippen molar-refractivity contribution in [1.29, 1.82) is 0 Å². The standard InChI is InChI=1S/C22H21N2.C18H15N2.2C16H13F3N2.C15H14N2/c1-17-10-6-7-13-19(17)22-23(2)20-14-8-9-15-21(20)24(22)16-18-11-4-3-5-12-18;1-12-6-5-9-14-13-7-3-4-8-15(13)17-18(16(12)14)20(2)11-10-19-17;1-10-9-11(16(17,18)19)7-8-12(10)15-20-13-5-3-4-6-14(13)21(15)2;1-10-7-8-11(16(17,18)19)9-12(10)15-20-13-5-3-4-6-14(13)21(15)2;1-11-7-3-4-8-12(11)15-16-13-9-5-6-10-14(13)17(15)2/h3-15H,16H2,1-2H3;3-11H,1-2H3;2*3-9H,1-2H3;3-10H,1-2H3/q2*+1;;;/p+3. The van der Waals surface area contributed by atoms with Crippen LogP contribution in [0.15, 0.2) is 267 Å². The predicted molar refractivity (Wildman–Crippen MR) is 400 cm³/mol. The molecular formula is C87H79F6N10+5. The Balaban J connectivity index is 0.000000115. The van der Waals surface area contributed by atoms with Crippen LogP contribution in [0.3, 0.4) is 0 Å². The summed E-state index contributed by atoms with van der Waals surface area (Å²) in [5.41, 5.74) is 20.2. The number of imidazole rings is 4. The molecule has 12 aromatic carbocycles. The van der Waals surface area contributed by atoms with Gasteiger partial charge in [-0.3, -0.25) is 0 Å². The van der Waals surface area contributed by atoms with Crippen LogP contribution in [0.25, 0.3) is 122 Å². The van der Waals surface area contributed by atoms with Crippen LogP contribution >= 0.6 is 0 Å². The van der Waals surface area contributed by atoms with Crippen molar-refractivity contribution in [3.8, 4) is 45.6 Å². The zero-order valence-electron chi connectivity index (χ0n) is 59.0. The number of aromatic amines is 3. The maximum absolute atomic E-state index is 12.9. The first-order valence-corrected chi connectivity index (χ1v) is 34.0. The molecule has 0 fully saturated rings. The second-order valence-corrected chi connectivity index (χ2v) is 26.1. The number of benzene rings is 12. The molecule has 0 aliphatic carbocycles. The van der Waals surface area contributed by atoms with Crippen LogP contribution in [0, 0.1) is 34.6 Å². The van der Waals surface area contributed by atoms with Crippen LogP contribution in [0.5, 0.6) is 0 Å². The van der Waals surface area contributed by atoms with E-state index in [0.717, 1.165) is 69.0 Å². The summed E-state index contributed by atoms with van der Waals surface area (Å²) in [6.07, 6.45) is -4.76. The monoisotopic (exact) mass is 1380 g/mol. The Bertz CT molecular complexity index is 5900. The number of nitrogens with zero attached hydrogens (tertiary/aromatic N) is 7. The molecule has 0 aliphatic heterocycles. The second kappa shape index (κ2) is 28.9. The Hall–Kier alpha value is -12.0. The van der Waals surface area contributed by atoms with Gasteiger partial charge in [0.05, 0.1) is 73.2 Å². The zero-order chi connectivity index (χ0) is 72.4. The summed E-state index contributed by atoms with van der Waals surface area (Å²) in [5.74, 6) is 3.87. The number of para-hydroxylation sites is 8. The number of aryl methyl sites for hydroxylation is 10. The molecule has 103 heavy (non-hydrogen) atoms. The molecule has 17 aromatic rings.